The summed E-state index contributed by atoms with van der Waals surface area (Å²) < 4.78 is 5.60. The molecule has 100 valence electrons. The van der Waals surface area contributed by atoms with Gasteiger partial charge < -0.3 is 10.1 Å². The number of nitrogens with one attached hydrogen (secondary N) is 1. The van der Waals surface area contributed by atoms with Gasteiger partial charge in [-0.1, -0.05) is 13.8 Å². The van der Waals surface area contributed by atoms with Crippen LogP contribution in [0.15, 0.2) is 0 Å². The van der Waals surface area contributed by atoms with Crippen molar-refractivity contribution in [3.8, 4) is 0 Å². The first-order valence-electron chi connectivity index (χ1n) is 6.94. The predicted molar refractivity (Wildman–Crippen MR) is 74.8 cm³/mol. The standard InChI is InChI=1S/C13H26N2OS/c1-11-9-15(10-12(2)17-11)6-5-14-8-13-4-3-7-16-13/h11-14H,3-10H2,1-2H3. The summed E-state index contributed by atoms with van der Waals surface area (Å²) in [6, 6.07) is 0. The fourth-order valence-corrected chi connectivity index (χ4v) is 4.16. The van der Waals surface area contributed by atoms with Crippen LogP contribution in [0.25, 0.3) is 0 Å². The van der Waals surface area contributed by atoms with Crippen LogP contribution in [0.1, 0.15) is 26.7 Å². The van der Waals surface area contributed by atoms with Crippen LogP contribution in [0.4, 0.5) is 0 Å². The molecule has 0 radical (unpaired) electrons. The molecule has 3 nitrogen and oxygen atoms in total. The molecule has 2 saturated heterocycles. The van der Waals surface area contributed by atoms with Crippen LogP contribution in [0.2, 0.25) is 0 Å². The molecule has 0 saturated carbocycles. The van der Waals surface area contributed by atoms with Gasteiger partial charge in [0, 0.05) is 49.8 Å². The van der Waals surface area contributed by atoms with Gasteiger partial charge in [-0.15, -0.1) is 0 Å². The second-order valence-corrected chi connectivity index (χ2v) is 7.24. The minimum absolute atomic E-state index is 0.477. The van der Waals surface area contributed by atoms with Crippen molar-refractivity contribution in [2.75, 3.05) is 39.3 Å². The van der Waals surface area contributed by atoms with Crippen molar-refractivity contribution >= 4 is 11.8 Å². The molecule has 2 heterocycles. The Morgan fingerprint density at radius 3 is 2.71 bits per heavy atom. The Hall–Kier alpha value is 0.230. The van der Waals surface area contributed by atoms with E-state index in [2.05, 4.69) is 35.8 Å². The van der Waals surface area contributed by atoms with E-state index >= 15 is 0 Å². The summed E-state index contributed by atoms with van der Waals surface area (Å²) in [5.41, 5.74) is 0. The van der Waals surface area contributed by atoms with E-state index in [-0.39, 0.29) is 0 Å². The fourth-order valence-electron chi connectivity index (χ4n) is 2.77. The van der Waals surface area contributed by atoms with Gasteiger partial charge >= 0.3 is 0 Å². The summed E-state index contributed by atoms with van der Waals surface area (Å²) in [5, 5.41) is 5.11. The highest BCUT2D eigenvalue weighted by atomic mass is 32.2. The van der Waals surface area contributed by atoms with Crippen molar-refractivity contribution in [3.05, 3.63) is 0 Å². The molecule has 0 spiro atoms. The number of rotatable bonds is 5. The van der Waals surface area contributed by atoms with Crippen molar-refractivity contribution in [1.29, 1.82) is 0 Å². The van der Waals surface area contributed by atoms with Gasteiger partial charge in [0.2, 0.25) is 0 Å². The van der Waals surface area contributed by atoms with Gasteiger partial charge in [-0.2, -0.15) is 11.8 Å². The van der Waals surface area contributed by atoms with E-state index in [1.54, 1.807) is 0 Å². The highest BCUT2D eigenvalue weighted by Gasteiger charge is 2.21. The molecule has 2 aliphatic heterocycles. The van der Waals surface area contributed by atoms with Crippen molar-refractivity contribution in [2.45, 2.75) is 43.3 Å². The first-order chi connectivity index (χ1) is 8.24. The van der Waals surface area contributed by atoms with Gasteiger partial charge in [-0.3, -0.25) is 4.90 Å². The van der Waals surface area contributed by atoms with E-state index in [1.165, 1.54) is 32.5 Å². The third kappa shape index (κ3) is 4.78. The van der Waals surface area contributed by atoms with Crippen LogP contribution in [0, 0.1) is 0 Å². The van der Waals surface area contributed by atoms with E-state index in [9.17, 15) is 0 Å². The van der Waals surface area contributed by atoms with E-state index in [1.807, 2.05) is 0 Å². The third-order valence-corrected chi connectivity index (χ3v) is 4.72. The number of ether oxygens (including phenoxy) is 1. The van der Waals surface area contributed by atoms with E-state index in [4.69, 9.17) is 4.74 Å². The van der Waals surface area contributed by atoms with Gasteiger partial charge in [0.25, 0.3) is 0 Å². The molecule has 2 rings (SSSR count). The summed E-state index contributed by atoms with van der Waals surface area (Å²) >= 11 is 2.12. The Balaban J connectivity index is 1.54. The Morgan fingerprint density at radius 2 is 2.06 bits per heavy atom. The second-order valence-electron chi connectivity index (χ2n) is 5.36. The topological polar surface area (TPSA) is 24.5 Å². The molecule has 4 heteroatoms. The quantitative estimate of drug-likeness (QED) is 0.757. The number of hydrogen-bond donors (Lipinski definition) is 1. The van der Waals surface area contributed by atoms with E-state index in [0.717, 1.165) is 30.2 Å². The molecule has 3 unspecified atom stereocenters. The Kier molecular flexibility index (Phi) is 5.60. The largest absolute Gasteiger partial charge is 0.377 e. The Labute approximate surface area is 110 Å². The first-order valence-corrected chi connectivity index (χ1v) is 7.88. The van der Waals surface area contributed by atoms with Crippen LogP contribution >= 0.6 is 11.8 Å². The predicted octanol–water partition coefficient (Wildman–Crippen LogP) is 1.58. The van der Waals surface area contributed by atoms with Gasteiger partial charge in [0.05, 0.1) is 6.10 Å². The molecular weight excluding hydrogens is 232 g/mol. The summed E-state index contributed by atoms with van der Waals surface area (Å²) in [5.74, 6) is 0. The maximum absolute atomic E-state index is 5.60. The molecular formula is C13H26N2OS. The molecule has 2 aliphatic rings. The Bertz CT molecular complexity index is 211. The summed E-state index contributed by atoms with van der Waals surface area (Å²) in [7, 11) is 0. The van der Waals surface area contributed by atoms with Crippen molar-refractivity contribution in [1.82, 2.24) is 10.2 Å². The number of nitrogens with zero attached hydrogens (tertiary/aromatic N) is 1. The van der Waals surface area contributed by atoms with Crippen LogP contribution in [-0.4, -0.2) is 60.8 Å². The third-order valence-electron chi connectivity index (χ3n) is 3.50. The van der Waals surface area contributed by atoms with Crippen LogP contribution < -0.4 is 5.32 Å². The van der Waals surface area contributed by atoms with Gasteiger partial charge in [-0.05, 0) is 12.8 Å². The minimum atomic E-state index is 0.477. The zero-order valence-corrected chi connectivity index (χ0v) is 12.0. The molecule has 0 amide bonds. The smallest absolute Gasteiger partial charge is 0.0700 e. The lowest BCUT2D eigenvalue weighted by Crippen LogP contribution is -2.44. The van der Waals surface area contributed by atoms with Crippen molar-refractivity contribution in [3.63, 3.8) is 0 Å². The molecule has 0 bridgehead atoms. The number of hydrogen-bond acceptors (Lipinski definition) is 4. The molecule has 0 aromatic heterocycles. The molecule has 1 N–H and O–H groups in total. The molecule has 0 aliphatic carbocycles. The van der Waals surface area contributed by atoms with Crippen molar-refractivity contribution in [2.24, 2.45) is 0 Å². The average molecular weight is 258 g/mol. The van der Waals surface area contributed by atoms with Gasteiger partial charge in [-0.25, -0.2) is 0 Å². The summed E-state index contributed by atoms with van der Waals surface area (Å²) in [4.78, 5) is 2.59. The molecule has 0 aromatic rings. The molecule has 2 fully saturated rings. The van der Waals surface area contributed by atoms with Crippen LogP contribution in [0.5, 0.6) is 0 Å². The van der Waals surface area contributed by atoms with Gasteiger partial charge in [0.1, 0.15) is 0 Å². The number of thioether (sulfide) groups is 1. The minimum Gasteiger partial charge on any atom is -0.377 e. The zero-order valence-electron chi connectivity index (χ0n) is 11.2. The van der Waals surface area contributed by atoms with E-state index < -0.39 is 0 Å². The fraction of sp³-hybridized carbons (Fsp3) is 1.00. The van der Waals surface area contributed by atoms with Crippen molar-refractivity contribution < 1.29 is 4.74 Å². The van der Waals surface area contributed by atoms with Gasteiger partial charge in [0.15, 0.2) is 0 Å². The lowest BCUT2D eigenvalue weighted by Gasteiger charge is -2.34. The Morgan fingerprint density at radius 1 is 1.29 bits per heavy atom. The highest BCUT2D eigenvalue weighted by Crippen LogP contribution is 2.24. The molecule has 17 heavy (non-hydrogen) atoms. The molecule has 0 aromatic carbocycles. The lowest BCUT2D eigenvalue weighted by atomic mass is 10.2. The maximum atomic E-state index is 5.60. The second kappa shape index (κ2) is 6.98. The summed E-state index contributed by atoms with van der Waals surface area (Å²) in [6.07, 6.45) is 2.95. The molecule has 3 atom stereocenters. The highest BCUT2D eigenvalue weighted by molar-refractivity contribution is 8.00. The zero-order chi connectivity index (χ0) is 12.1. The lowest BCUT2D eigenvalue weighted by molar-refractivity contribution is 0.109. The SMILES string of the molecule is CC1CN(CCNCC2CCCO2)CC(C)S1. The average Bonchev–Trinajstić information content (AvgIpc) is 2.76. The first kappa shape index (κ1) is 13.7. The normalized spacial score (nSPS) is 35.3. The van der Waals surface area contributed by atoms with Crippen LogP contribution in [0.3, 0.4) is 0 Å². The monoisotopic (exact) mass is 258 g/mol. The maximum Gasteiger partial charge on any atom is 0.0700 e. The summed E-state index contributed by atoms with van der Waals surface area (Å²) in [6.45, 7) is 11.5. The van der Waals surface area contributed by atoms with Crippen LogP contribution in [-0.2, 0) is 4.74 Å². The van der Waals surface area contributed by atoms with E-state index in [0.29, 0.717) is 6.10 Å².